The molecule has 146 valence electrons. The number of piperidine rings is 1. The van der Waals surface area contributed by atoms with Gasteiger partial charge in [-0.05, 0) is 63.4 Å². The van der Waals surface area contributed by atoms with Crippen molar-refractivity contribution >= 4 is 11.9 Å². The number of Topliss-reactive ketones (excluding diaryl/α,β-unsaturated/α-hetero) is 1. The average Bonchev–Trinajstić information content (AvgIpc) is 2.98. The summed E-state index contributed by atoms with van der Waals surface area (Å²) in [6.07, 6.45) is 5.35. The second-order valence-electron chi connectivity index (χ2n) is 8.06. The van der Waals surface area contributed by atoms with Gasteiger partial charge in [-0.1, -0.05) is 36.2 Å². The third kappa shape index (κ3) is 3.45. The van der Waals surface area contributed by atoms with Gasteiger partial charge >= 0.3 is 0 Å². The third-order valence-corrected chi connectivity index (χ3v) is 5.90. The van der Waals surface area contributed by atoms with E-state index in [1.807, 2.05) is 38.1 Å². The molecule has 4 heteroatoms. The number of nitrogens with zero attached hydrogens (tertiary/aromatic N) is 1. The molecule has 4 rings (SSSR count). The van der Waals surface area contributed by atoms with Crippen LogP contribution in [0.2, 0.25) is 0 Å². The quantitative estimate of drug-likeness (QED) is 0.765. The van der Waals surface area contributed by atoms with Gasteiger partial charge in [0.05, 0.1) is 11.1 Å². The molecule has 1 atom stereocenters. The van der Waals surface area contributed by atoms with Crippen LogP contribution in [-0.2, 0) is 6.54 Å². The molecule has 1 N–H and O–H groups in total. The second kappa shape index (κ2) is 7.44. The maximum absolute atomic E-state index is 13.0. The van der Waals surface area contributed by atoms with E-state index in [2.05, 4.69) is 11.8 Å². The molecule has 0 spiro atoms. The second-order valence-corrected chi connectivity index (χ2v) is 8.06. The lowest BCUT2D eigenvalue weighted by atomic mass is 9.97. The Kier molecular flexibility index (Phi) is 4.98. The molecule has 1 fully saturated rings. The van der Waals surface area contributed by atoms with Gasteiger partial charge in [0, 0.05) is 12.6 Å². The first-order chi connectivity index (χ1) is 13.4. The zero-order valence-corrected chi connectivity index (χ0v) is 16.8. The Morgan fingerprint density at radius 1 is 1.21 bits per heavy atom. The van der Waals surface area contributed by atoms with Crippen LogP contribution in [0.3, 0.4) is 0 Å². The largest absolute Gasteiger partial charge is 0.507 e. The Hall–Kier alpha value is -2.59. The number of ether oxygens (including phenoxy) is 1. The van der Waals surface area contributed by atoms with E-state index < -0.39 is 0 Å². The lowest BCUT2D eigenvalue weighted by Gasteiger charge is -2.33. The van der Waals surface area contributed by atoms with Crippen molar-refractivity contribution in [1.29, 1.82) is 0 Å². The summed E-state index contributed by atoms with van der Waals surface area (Å²) in [5.74, 6) is 0.943. The number of allylic oxidation sites excluding steroid dienone is 1. The molecule has 4 nitrogen and oxygen atoms in total. The first-order valence-corrected chi connectivity index (χ1v) is 10.0. The van der Waals surface area contributed by atoms with Crippen molar-refractivity contribution in [3.8, 4) is 11.5 Å². The summed E-state index contributed by atoms with van der Waals surface area (Å²) in [5.41, 5.74) is 4.14. The van der Waals surface area contributed by atoms with E-state index >= 15 is 0 Å². The molecule has 28 heavy (non-hydrogen) atoms. The number of carbonyl (C=O) groups is 1. The first kappa shape index (κ1) is 18.8. The van der Waals surface area contributed by atoms with Crippen LogP contribution < -0.4 is 4.74 Å². The fourth-order valence-corrected chi connectivity index (χ4v) is 4.14. The summed E-state index contributed by atoms with van der Waals surface area (Å²) in [6, 6.07) is 10.1. The molecule has 2 aromatic carbocycles. The number of hydrogen-bond donors (Lipinski definition) is 1. The third-order valence-electron chi connectivity index (χ3n) is 5.90. The van der Waals surface area contributed by atoms with E-state index in [-0.39, 0.29) is 11.5 Å². The van der Waals surface area contributed by atoms with Crippen molar-refractivity contribution in [1.82, 2.24) is 4.90 Å². The van der Waals surface area contributed by atoms with E-state index in [0.29, 0.717) is 29.7 Å². The highest BCUT2D eigenvalue weighted by atomic mass is 16.5. The van der Waals surface area contributed by atoms with E-state index in [1.165, 1.54) is 12.0 Å². The van der Waals surface area contributed by atoms with Crippen molar-refractivity contribution in [3.63, 3.8) is 0 Å². The fraction of sp³-hybridized carbons (Fsp3) is 0.375. The Morgan fingerprint density at radius 3 is 2.68 bits per heavy atom. The minimum absolute atomic E-state index is 0.110. The molecule has 2 aliphatic rings. The van der Waals surface area contributed by atoms with Gasteiger partial charge in [0.15, 0.2) is 5.76 Å². The molecule has 0 aromatic heterocycles. The van der Waals surface area contributed by atoms with Gasteiger partial charge < -0.3 is 9.84 Å². The Morgan fingerprint density at radius 2 is 1.96 bits per heavy atom. The smallest absolute Gasteiger partial charge is 0.232 e. The summed E-state index contributed by atoms with van der Waals surface area (Å²) in [4.78, 5) is 15.4. The number of rotatable bonds is 3. The van der Waals surface area contributed by atoms with Gasteiger partial charge in [-0.15, -0.1) is 0 Å². The molecule has 0 saturated carbocycles. The van der Waals surface area contributed by atoms with Crippen LogP contribution in [0.25, 0.3) is 6.08 Å². The van der Waals surface area contributed by atoms with E-state index in [4.69, 9.17) is 4.74 Å². The molecule has 2 aromatic rings. The Balaban J connectivity index is 1.70. The van der Waals surface area contributed by atoms with E-state index in [9.17, 15) is 9.90 Å². The van der Waals surface area contributed by atoms with Crippen LogP contribution in [-0.4, -0.2) is 28.4 Å². The van der Waals surface area contributed by atoms with Gasteiger partial charge in [-0.3, -0.25) is 9.69 Å². The minimum atomic E-state index is -0.110. The molecule has 2 aliphatic heterocycles. The van der Waals surface area contributed by atoms with Gasteiger partial charge in [-0.2, -0.15) is 0 Å². The predicted molar refractivity (Wildman–Crippen MR) is 111 cm³/mol. The highest BCUT2D eigenvalue weighted by Crippen LogP contribution is 2.42. The molecular weight excluding hydrogens is 350 g/mol. The van der Waals surface area contributed by atoms with Crippen molar-refractivity contribution in [2.45, 2.75) is 52.6 Å². The van der Waals surface area contributed by atoms with Crippen LogP contribution in [0.15, 0.2) is 36.1 Å². The van der Waals surface area contributed by atoms with Crippen LogP contribution in [0.5, 0.6) is 11.5 Å². The number of phenolic OH excluding ortho intramolecular Hbond substituents is 1. The van der Waals surface area contributed by atoms with Crippen LogP contribution in [0.4, 0.5) is 0 Å². The maximum Gasteiger partial charge on any atom is 0.232 e. The zero-order chi connectivity index (χ0) is 19.8. The summed E-state index contributed by atoms with van der Waals surface area (Å²) >= 11 is 0. The van der Waals surface area contributed by atoms with E-state index in [1.54, 1.807) is 12.1 Å². The van der Waals surface area contributed by atoms with Crippen molar-refractivity contribution < 1.29 is 14.6 Å². The number of aryl methyl sites for hydroxylation is 2. The fourth-order valence-electron chi connectivity index (χ4n) is 4.14. The summed E-state index contributed by atoms with van der Waals surface area (Å²) in [7, 11) is 0. The van der Waals surface area contributed by atoms with Gasteiger partial charge in [0.1, 0.15) is 11.5 Å². The van der Waals surface area contributed by atoms with Crippen molar-refractivity contribution in [3.05, 3.63) is 63.9 Å². The van der Waals surface area contributed by atoms with Crippen LogP contribution in [0.1, 0.15) is 58.8 Å². The van der Waals surface area contributed by atoms with Gasteiger partial charge in [-0.25, -0.2) is 0 Å². The zero-order valence-electron chi connectivity index (χ0n) is 16.8. The number of carbonyl (C=O) groups excluding carboxylic acids is 1. The topological polar surface area (TPSA) is 49.8 Å². The summed E-state index contributed by atoms with van der Waals surface area (Å²) in [5, 5.41) is 10.6. The van der Waals surface area contributed by atoms with Crippen molar-refractivity contribution in [2.75, 3.05) is 6.54 Å². The normalized spacial score (nSPS) is 21.0. The highest BCUT2D eigenvalue weighted by Gasteiger charge is 2.34. The van der Waals surface area contributed by atoms with Gasteiger partial charge in [0.25, 0.3) is 0 Å². The molecule has 0 aliphatic carbocycles. The number of fused-ring (bicyclic) bond motifs is 1. The highest BCUT2D eigenvalue weighted by molar-refractivity contribution is 6.15. The van der Waals surface area contributed by atoms with Crippen molar-refractivity contribution in [2.24, 2.45) is 0 Å². The predicted octanol–water partition coefficient (Wildman–Crippen LogP) is 5.00. The monoisotopic (exact) mass is 377 g/mol. The number of phenols is 1. The first-order valence-electron chi connectivity index (χ1n) is 10.0. The molecular formula is C24H27NO3. The summed E-state index contributed by atoms with van der Waals surface area (Å²) in [6.45, 7) is 7.70. The molecule has 2 heterocycles. The number of benzene rings is 2. The molecule has 0 amide bonds. The number of aromatic hydroxyl groups is 1. The minimum Gasteiger partial charge on any atom is -0.507 e. The van der Waals surface area contributed by atoms with Gasteiger partial charge in [0.2, 0.25) is 5.78 Å². The standard InChI is InChI=1S/C24H27NO3/c1-15-7-9-18(10-8-15)13-21-23(27)22-16(2)12-20(26)19(24(22)28-21)14-25-11-5-4-6-17(25)3/h7-10,12-13,17,26H,4-6,11,14H2,1-3H3/b21-13-. The lowest BCUT2D eigenvalue weighted by Crippen LogP contribution is -2.36. The average molecular weight is 377 g/mol. The number of hydrogen-bond acceptors (Lipinski definition) is 4. The van der Waals surface area contributed by atoms with E-state index in [0.717, 1.165) is 36.1 Å². The molecule has 1 saturated heterocycles. The SMILES string of the molecule is Cc1ccc(/C=C2\Oc3c(CN4CCCCC4C)c(O)cc(C)c3C2=O)cc1. The Labute approximate surface area is 166 Å². The molecule has 0 bridgehead atoms. The van der Waals surface area contributed by atoms with Crippen LogP contribution >= 0.6 is 0 Å². The lowest BCUT2D eigenvalue weighted by molar-refractivity contribution is 0.101. The summed E-state index contributed by atoms with van der Waals surface area (Å²) < 4.78 is 6.05. The molecule has 1 unspecified atom stereocenters. The molecule has 0 radical (unpaired) electrons. The Bertz CT molecular complexity index is 943. The maximum atomic E-state index is 13.0. The number of ketones is 1. The number of likely N-dealkylation sites (tertiary alicyclic amines) is 1. The van der Waals surface area contributed by atoms with Crippen LogP contribution in [0, 0.1) is 13.8 Å².